The molecular formula is C11H22O5Si. The van der Waals surface area contributed by atoms with E-state index >= 15 is 0 Å². The Balaban J connectivity index is 3.98. The summed E-state index contributed by atoms with van der Waals surface area (Å²) in [6.45, 7) is 7.87. The second kappa shape index (κ2) is 8.41. The Bertz CT molecular complexity index is 250. The minimum absolute atomic E-state index is 0.320. The molecule has 6 heteroatoms. The maximum absolute atomic E-state index is 11.1. The molecule has 0 heterocycles. The zero-order valence-corrected chi connectivity index (χ0v) is 12.1. The number of hydrogen-bond donors (Lipinski definition) is 0. The van der Waals surface area contributed by atoms with Crippen molar-refractivity contribution < 1.29 is 22.8 Å². The van der Waals surface area contributed by atoms with Crippen molar-refractivity contribution in [1.29, 1.82) is 0 Å². The van der Waals surface area contributed by atoms with E-state index < -0.39 is 8.80 Å². The molecule has 0 aromatic carbocycles. The van der Waals surface area contributed by atoms with E-state index in [2.05, 4.69) is 6.58 Å². The topological polar surface area (TPSA) is 54.0 Å². The maximum atomic E-state index is 11.1. The fourth-order valence-corrected chi connectivity index (χ4v) is 3.25. The van der Waals surface area contributed by atoms with Crippen LogP contribution in [-0.2, 0) is 22.8 Å². The van der Waals surface area contributed by atoms with Gasteiger partial charge in [-0.2, -0.15) is 0 Å². The fraction of sp³-hybridized carbons (Fsp3) is 0.727. The Kier molecular flexibility index (Phi) is 8.06. The number of carbonyl (C=O) groups excluding carboxylic acids is 1. The van der Waals surface area contributed by atoms with Gasteiger partial charge in [0.2, 0.25) is 0 Å². The molecule has 0 atom stereocenters. The van der Waals surface area contributed by atoms with E-state index in [1.165, 1.54) is 0 Å². The first-order valence-corrected chi connectivity index (χ1v) is 7.51. The van der Waals surface area contributed by atoms with Crippen molar-refractivity contribution in [1.82, 2.24) is 0 Å². The number of ether oxygens (including phenoxy) is 1. The molecule has 17 heavy (non-hydrogen) atoms. The highest BCUT2D eigenvalue weighted by molar-refractivity contribution is 6.60. The molecular weight excluding hydrogens is 240 g/mol. The molecule has 5 nitrogen and oxygen atoms in total. The van der Waals surface area contributed by atoms with Crippen molar-refractivity contribution in [3.05, 3.63) is 12.2 Å². The molecule has 0 N–H and O–H groups in total. The number of carbonyl (C=O) groups is 1. The van der Waals surface area contributed by atoms with Crippen LogP contribution in [0.25, 0.3) is 0 Å². The quantitative estimate of drug-likeness (QED) is 0.274. The van der Waals surface area contributed by atoms with Gasteiger partial charge in [0.15, 0.2) is 0 Å². The van der Waals surface area contributed by atoms with Gasteiger partial charge in [0.1, 0.15) is 0 Å². The molecule has 0 fully saturated rings. The van der Waals surface area contributed by atoms with Crippen molar-refractivity contribution in [3.63, 3.8) is 0 Å². The summed E-state index contributed by atoms with van der Waals surface area (Å²) in [5.74, 6) is -0.372. The standard InChI is InChI=1S/C11H22O5Si/c1-6-16-17(13-4,14-5)9-7-8-15-11(12)10(2)3/h2,6-9H2,1,3-5H3. The van der Waals surface area contributed by atoms with Crippen molar-refractivity contribution in [2.24, 2.45) is 0 Å². The summed E-state index contributed by atoms with van der Waals surface area (Å²) < 4.78 is 21.1. The molecule has 0 spiro atoms. The van der Waals surface area contributed by atoms with Gasteiger partial charge in [-0.1, -0.05) is 6.58 Å². The summed E-state index contributed by atoms with van der Waals surface area (Å²) in [7, 11) is 0.593. The summed E-state index contributed by atoms with van der Waals surface area (Å²) in [6.07, 6.45) is 0.646. The summed E-state index contributed by atoms with van der Waals surface area (Å²) in [4.78, 5) is 11.1. The second-order valence-corrected chi connectivity index (χ2v) is 6.52. The molecule has 0 aliphatic rings. The van der Waals surface area contributed by atoms with Crippen LogP contribution >= 0.6 is 0 Å². The Labute approximate surface area is 104 Å². The third-order valence-electron chi connectivity index (χ3n) is 2.20. The Hall–Kier alpha value is -0.693. The maximum Gasteiger partial charge on any atom is 0.500 e. The van der Waals surface area contributed by atoms with Crippen molar-refractivity contribution in [3.8, 4) is 0 Å². The lowest BCUT2D eigenvalue weighted by atomic mass is 10.4. The van der Waals surface area contributed by atoms with Gasteiger partial charge in [-0.25, -0.2) is 4.79 Å². The van der Waals surface area contributed by atoms with Crippen LogP contribution in [0.4, 0.5) is 0 Å². The minimum atomic E-state index is -2.56. The normalized spacial score (nSPS) is 11.3. The van der Waals surface area contributed by atoms with Crippen LogP contribution in [-0.4, -0.2) is 42.2 Å². The first-order chi connectivity index (χ1) is 8.01. The van der Waals surface area contributed by atoms with Crippen LogP contribution in [0.15, 0.2) is 12.2 Å². The average Bonchev–Trinajstić information content (AvgIpc) is 2.32. The monoisotopic (exact) mass is 262 g/mol. The van der Waals surface area contributed by atoms with Gasteiger partial charge in [-0.05, 0) is 20.3 Å². The smallest absolute Gasteiger partial charge is 0.462 e. The lowest BCUT2D eigenvalue weighted by Gasteiger charge is -2.25. The van der Waals surface area contributed by atoms with Gasteiger partial charge in [0.05, 0.1) is 6.61 Å². The van der Waals surface area contributed by atoms with Crippen molar-refractivity contribution in [2.75, 3.05) is 27.4 Å². The predicted octanol–water partition coefficient (Wildman–Crippen LogP) is 1.76. The molecule has 0 aromatic rings. The lowest BCUT2D eigenvalue weighted by molar-refractivity contribution is -0.139. The molecule has 0 rings (SSSR count). The SMILES string of the molecule is C=C(C)C(=O)OCCC[Si](OC)(OC)OCC. The largest absolute Gasteiger partial charge is 0.500 e. The van der Waals surface area contributed by atoms with E-state index in [4.69, 9.17) is 18.0 Å². The van der Waals surface area contributed by atoms with Gasteiger partial charge in [-0.15, -0.1) is 0 Å². The molecule has 0 bridgehead atoms. The van der Waals surface area contributed by atoms with Crippen LogP contribution in [0.2, 0.25) is 6.04 Å². The van der Waals surface area contributed by atoms with Gasteiger partial charge in [0.25, 0.3) is 0 Å². The zero-order valence-electron chi connectivity index (χ0n) is 11.1. The number of esters is 1. The highest BCUT2D eigenvalue weighted by Gasteiger charge is 2.37. The van der Waals surface area contributed by atoms with Crippen LogP contribution < -0.4 is 0 Å². The summed E-state index contributed by atoms with van der Waals surface area (Å²) >= 11 is 0. The molecule has 0 saturated heterocycles. The molecule has 100 valence electrons. The molecule has 0 aromatic heterocycles. The minimum Gasteiger partial charge on any atom is -0.462 e. The number of rotatable bonds is 9. The van der Waals surface area contributed by atoms with Gasteiger partial charge in [0, 0.05) is 32.4 Å². The zero-order chi connectivity index (χ0) is 13.3. The van der Waals surface area contributed by atoms with Crippen LogP contribution in [0.1, 0.15) is 20.3 Å². The average molecular weight is 262 g/mol. The first-order valence-electron chi connectivity index (χ1n) is 5.58. The Morgan fingerprint density at radius 3 is 2.29 bits per heavy atom. The molecule has 0 aliphatic carbocycles. The highest BCUT2D eigenvalue weighted by atomic mass is 28.4. The van der Waals surface area contributed by atoms with Crippen molar-refractivity contribution in [2.45, 2.75) is 26.3 Å². The van der Waals surface area contributed by atoms with Crippen LogP contribution in [0.5, 0.6) is 0 Å². The molecule has 0 radical (unpaired) electrons. The van der Waals surface area contributed by atoms with E-state index in [9.17, 15) is 4.79 Å². The summed E-state index contributed by atoms with van der Waals surface area (Å²) in [5.41, 5.74) is 0.400. The van der Waals surface area contributed by atoms with E-state index in [0.717, 1.165) is 0 Å². The molecule has 0 saturated carbocycles. The third kappa shape index (κ3) is 5.97. The predicted molar refractivity (Wildman–Crippen MR) is 66.6 cm³/mol. The lowest BCUT2D eigenvalue weighted by Crippen LogP contribution is -2.44. The molecule has 0 unspecified atom stereocenters. The van der Waals surface area contributed by atoms with Crippen LogP contribution in [0.3, 0.4) is 0 Å². The first kappa shape index (κ1) is 16.3. The van der Waals surface area contributed by atoms with Gasteiger partial charge >= 0.3 is 14.8 Å². The molecule has 0 aliphatic heterocycles. The van der Waals surface area contributed by atoms with E-state index in [1.54, 1.807) is 21.1 Å². The van der Waals surface area contributed by atoms with Gasteiger partial charge < -0.3 is 18.0 Å². The van der Waals surface area contributed by atoms with E-state index in [0.29, 0.717) is 31.3 Å². The third-order valence-corrected chi connectivity index (χ3v) is 5.13. The van der Waals surface area contributed by atoms with Crippen molar-refractivity contribution >= 4 is 14.8 Å². The summed E-state index contributed by atoms with van der Waals surface area (Å²) in [5, 5.41) is 0. The Morgan fingerprint density at radius 2 is 1.88 bits per heavy atom. The highest BCUT2D eigenvalue weighted by Crippen LogP contribution is 2.16. The van der Waals surface area contributed by atoms with E-state index in [1.807, 2.05) is 6.92 Å². The molecule has 0 amide bonds. The number of hydrogen-bond acceptors (Lipinski definition) is 5. The fourth-order valence-electron chi connectivity index (χ4n) is 1.27. The van der Waals surface area contributed by atoms with E-state index in [-0.39, 0.29) is 5.97 Å². The van der Waals surface area contributed by atoms with Gasteiger partial charge in [-0.3, -0.25) is 0 Å². The Morgan fingerprint density at radius 1 is 1.29 bits per heavy atom. The summed E-state index contributed by atoms with van der Waals surface area (Å²) in [6, 6.07) is 0.622. The second-order valence-electron chi connectivity index (χ2n) is 3.54. The van der Waals surface area contributed by atoms with Crippen LogP contribution in [0, 0.1) is 0 Å².